The van der Waals surface area contributed by atoms with Crippen molar-refractivity contribution in [3.8, 4) is 17.2 Å². The number of carbonyl (C=O) groups is 1. The number of aromatic nitrogens is 2. The van der Waals surface area contributed by atoms with Crippen molar-refractivity contribution in [1.29, 1.82) is 0 Å². The summed E-state index contributed by atoms with van der Waals surface area (Å²) in [6.45, 7) is 2.87. The Hall–Kier alpha value is -3.07. The zero-order chi connectivity index (χ0) is 20.6. The largest absolute Gasteiger partial charge is 0.472 e. The molecular formula is C18H13ClF3N3O3. The summed E-state index contributed by atoms with van der Waals surface area (Å²) >= 11 is 5.59. The topological polar surface area (TPSA) is 91.2 Å². The quantitative estimate of drug-likeness (QED) is 0.678. The highest BCUT2D eigenvalue weighted by atomic mass is 35.5. The van der Waals surface area contributed by atoms with Gasteiger partial charge in [-0.05, 0) is 44.2 Å². The van der Waals surface area contributed by atoms with Gasteiger partial charge in [0, 0.05) is 10.6 Å². The van der Waals surface area contributed by atoms with Gasteiger partial charge in [0.05, 0.1) is 5.56 Å². The number of halogens is 4. The fourth-order valence-electron chi connectivity index (χ4n) is 2.34. The summed E-state index contributed by atoms with van der Waals surface area (Å²) in [5.41, 5.74) is 3.53. The molecule has 0 bridgehead atoms. The molecule has 6 nitrogen and oxygen atoms in total. The maximum atomic E-state index is 14.2. The van der Waals surface area contributed by atoms with Crippen LogP contribution in [0.2, 0.25) is 5.02 Å². The zero-order valence-electron chi connectivity index (χ0n) is 14.6. The Bertz CT molecular complexity index is 1050. The van der Waals surface area contributed by atoms with E-state index in [2.05, 4.69) is 10.2 Å². The van der Waals surface area contributed by atoms with Crippen molar-refractivity contribution in [2.24, 2.45) is 5.73 Å². The van der Waals surface area contributed by atoms with E-state index in [0.717, 1.165) is 18.2 Å². The molecule has 3 aromatic rings. The molecule has 1 amide bonds. The molecule has 0 fully saturated rings. The molecule has 0 aliphatic heterocycles. The Kier molecular flexibility index (Phi) is 5.03. The highest BCUT2D eigenvalue weighted by Crippen LogP contribution is 2.34. The molecule has 0 saturated heterocycles. The lowest BCUT2D eigenvalue weighted by molar-refractivity contribution is 0.0670. The van der Waals surface area contributed by atoms with E-state index in [1.54, 1.807) is 0 Å². The highest BCUT2D eigenvalue weighted by Gasteiger charge is 2.33. The molecule has 1 aromatic heterocycles. The van der Waals surface area contributed by atoms with Gasteiger partial charge in [-0.15, -0.1) is 10.2 Å². The molecule has 146 valence electrons. The molecule has 0 aliphatic rings. The molecule has 0 saturated carbocycles. The Morgan fingerprint density at radius 3 is 2.32 bits per heavy atom. The summed E-state index contributed by atoms with van der Waals surface area (Å²) in [7, 11) is 0. The molecule has 2 aromatic carbocycles. The third kappa shape index (κ3) is 3.79. The van der Waals surface area contributed by atoms with E-state index in [1.165, 1.54) is 26.0 Å². The average molecular weight is 412 g/mol. The van der Waals surface area contributed by atoms with Gasteiger partial charge < -0.3 is 14.9 Å². The van der Waals surface area contributed by atoms with Crippen molar-refractivity contribution in [3.05, 3.63) is 64.3 Å². The molecule has 0 aliphatic carbocycles. The summed E-state index contributed by atoms with van der Waals surface area (Å²) in [5, 5.41) is 7.36. The third-order valence-corrected chi connectivity index (χ3v) is 3.96. The number of nitrogens with zero attached hydrogens (tertiary/aromatic N) is 2. The van der Waals surface area contributed by atoms with Crippen LogP contribution in [-0.4, -0.2) is 16.1 Å². The second-order valence-corrected chi connectivity index (χ2v) is 6.72. The van der Waals surface area contributed by atoms with Crippen LogP contribution in [0.3, 0.4) is 0 Å². The molecule has 0 unspecified atom stereocenters. The van der Waals surface area contributed by atoms with Crippen LogP contribution in [0.4, 0.5) is 13.2 Å². The van der Waals surface area contributed by atoms with Crippen LogP contribution in [0.25, 0.3) is 11.5 Å². The van der Waals surface area contributed by atoms with Gasteiger partial charge in [-0.1, -0.05) is 11.6 Å². The number of carbonyl (C=O) groups excluding carboxylic acids is 1. The summed E-state index contributed by atoms with van der Waals surface area (Å²) in [6.07, 6.45) is 0. The van der Waals surface area contributed by atoms with Crippen LogP contribution in [-0.2, 0) is 5.60 Å². The number of ether oxygens (including phenoxy) is 1. The van der Waals surface area contributed by atoms with E-state index < -0.39 is 34.7 Å². The van der Waals surface area contributed by atoms with Gasteiger partial charge >= 0.3 is 0 Å². The van der Waals surface area contributed by atoms with Crippen molar-refractivity contribution in [1.82, 2.24) is 10.2 Å². The number of primary amides is 1. The third-order valence-electron chi connectivity index (χ3n) is 3.74. The first-order chi connectivity index (χ1) is 13.1. The number of benzene rings is 2. The number of rotatable bonds is 5. The fraction of sp³-hybridized carbons (Fsp3) is 0.167. The van der Waals surface area contributed by atoms with Crippen LogP contribution < -0.4 is 10.5 Å². The van der Waals surface area contributed by atoms with Crippen LogP contribution in [0.15, 0.2) is 34.7 Å². The molecule has 28 heavy (non-hydrogen) atoms. The molecule has 0 spiro atoms. The first-order valence-electron chi connectivity index (χ1n) is 7.86. The van der Waals surface area contributed by atoms with Gasteiger partial charge in [0.2, 0.25) is 5.91 Å². The van der Waals surface area contributed by atoms with Crippen molar-refractivity contribution in [3.63, 3.8) is 0 Å². The minimum absolute atomic E-state index is 0.0293. The number of nitrogens with two attached hydrogens (primary N) is 1. The van der Waals surface area contributed by atoms with E-state index in [9.17, 15) is 18.0 Å². The monoisotopic (exact) mass is 411 g/mol. The minimum Gasteiger partial charge on any atom is -0.472 e. The lowest BCUT2D eigenvalue weighted by Crippen LogP contribution is -2.26. The molecule has 0 atom stereocenters. The molecule has 10 heteroatoms. The van der Waals surface area contributed by atoms with Gasteiger partial charge in [0.15, 0.2) is 23.0 Å². The Morgan fingerprint density at radius 1 is 1.11 bits per heavy atom. The first-order valence-corrected chi connectivity index (χ1v) is 8.23. The first kappa shape index (κ1) is 19.7. The molecule has 2 N–H and O–H groups in total. The lowest BCUT2D eigenvalue weighted by atomic mass is 10.1. The van der Waals surface area contributed by atoms with Gasteiger partial charge in [-0.3, -0.25) is 4.79 Å². The molecule has 3 rings (SSSR count). The Labute approximate surface area is 162 Å². The molecule has 0 radical (unpaired) electrons. The van der Waals surface area contributed by atoms with E-state index in [4.69, 9.17) is 26.5 Å². The van der Waals surface area contributed by atoms with Crippen LogP contribution in [0, 0.1) is 17.5 Å². The summed E-state index contributed by atoms with van der Waals surface area (Å²) in [5.74, 6) is -4.66. The highest BCUT2D eigenvalue weighted by molar-refractivity contribution is 6.30. The second-order valence-electron chi connectivity index (χ2n) is 6.28. The summed E-state index contributed by atoms with van der Waals surface area (Å²) in [6, 6.07) is 5.27. The van der Waals surface area contributed by atoms with Crippen LogP contribution in [0.5, 0.6) is 5.75 Å². The van der Waals surface area contributed by atoms with Crippen molar-refractivity contribution < 1.29 is 27.1 Å². The van der Waals surface area contributed by atoms with Gasteiger partial charge in [-0.2, -0.15) is 0 Å². The summed E-state index contributed by atoms with van der Waals surface area (Å²) < 4.78 is 53.0. The number of amides is 1. The SMILES string of the molecule is CC(C)(Oc1c(F)cc(Cl)cc1F)c1nnc(-c2ccc(C(N)=O)cc2F)o1. The Morgan fingerprint density at radius 2 is 1.75 bits per heavy atom. The maximum absolute atomic E-state index is 14.2. The van der Waals surface area contributed by atoms with Gasteiger partial charge in [0.25, 0.3) is 11.8 Å². The average Bonchev–Trinajstić information content (AvgIpc) is 3.08. The van der Waals surface area contributed by atoms with Crippen LogP contribution >= 0.6 is 11.6 Å². The summed E-state index contributed by atoms with van der Waals surface area (Å²) in [4.78, 5) is 11.1. The van der Waals surface area contributed by atoms with E-state index in [-0.39, 0.29) is 27.9 Å². The van der Waals surface area contributed by atoms with E-state index >= 15 is 0 Å². The van der Waals surface area contributed by atoms with Gasteiger partial charge in [0.1, 0.15) is 5.82 Å². The second kappa shape index (κ2) is 7.16. The molecular weight excluding hydrogens is 399 g/mol. The molecule has 1 heterocycles. The van der Waals surface area contributed by atoms with Crippen molar-refractivity contribution in [2.45, 2.75) is 19.4 Å². The fourth-order valence-corrected chi connectivity index (χ4v) is 2.53. The van der Waals surface area contributed by atoms with Crippen molar-refractivity contribution in [2.75, 3.05) is 0 Å². The standard InChI is InChI=1S/C18H13ClF3N3O3/c1-18(2,28-14-12(21)6-9(19)7-13(14)22)17-25-24-16(27-17)10-4-3-8(15(23)26)5-11(10)20/h3-7H,1-2H3,(H2,23,26). The smallest absolute Gasteiger partial charge is 0.259 e. The zero-order valence-corrected chi connectivity index (χ0v) is 15.4. The maximum Gasteiger partial charge on any atom is 0.259 e. The predicted octanol–water partition coefficient (Wildman–Crippen LogP) is 4.22. The van der Waals surface area contributed by atoms with E-state index in [0.29, 0.717) is 0 Å². The predicted molar refractivity (Wildman–Crippen MR) is 93.2 cm³/mol. The number of hydrogen-bond donors (Lipinski definition) is 1. The van der Waals surface area contributed by atoms with E-state index in [1.807, 2.05) is 0 Å². The normalized spacial score (nSPS) is 11.5. The number of hydrogen-bond acceptors (Lipinski definition) is 5. The van der Waals surface area contributed by atoms with Crippen molar-refractivity contribution >= 4 is 17.5 Å². The van der Waals surface area contributed by atoms with Gasteiger partial charge in [-0.25, -0.2) is 13.2 Å². The minimum atomic E-state index is -1.45. The van der Waals surface area contributed by atoms with Crippen LogP contribution in [0.1, 0.15) is 30.1 Å². The Balaban J connectivity index is 1.92. The lowest BCUT2D eigenvalue weighted by Gasteiger charge is -2.23.